The summed E-state index contributed by atoms with van der Waals surface area (Å²) in [6, 6.07) is 7.28. The predicted octanol–water partition coefficient (Wildman–Crippen LogP) is 3.05. The third-order valence-corrected chi connectivity index (χ3v) is 5.96. The van der Waals surface area contributed by atoms with Crippen LogP contribution in [0.2, 0.25) is 5.02 Å². The Morgan fingerprint density at radius 2 is 2.21 bits per heavy atom. The molecule has 0 spiro atoms. The van der Waals surface area contributed by atoms with Gasteiger partial charge in [0.25, 0.3) is 5.56 Å². The lowest BCUT2D eigenvalue weighted by Crippen LogP contribution is -2.27. The summed E-state index contributed by atoms with van der Waals surface area (Å²) >= 11 is 9.03. The van der Waals surface area contributed by atoms with Crippen LogP contribution in [0.25, 0.3) is 0 Å². The molecule has 6 nitrogen and oxygen atoms in total. The van der Waals surface area contributed by atoms with E-state index in [0.29, 0.717) is 26.9 Å². The molecule has 0 fully saturated rings. The molecular formula is C15H12ClN5OS2. The fourth-order valence-electron chi connectivity index (χ4n) is 2.05. The third-order valence-electron chi connectivity index (χ3n) is 3.38. The van der Waals surface area contributed by atoms with Gasteiger partial charge in [-0.2, -0.15) is 15.5 Å². The monoisotopic (exact) mass is 377 g/mol. The number of benzene rings is 1. The van der Waals surface area contributed by atoms with Gasteiger partial charge < -0.3 is 0 Å². The van der Waals surface area contributed by atoms with E-state index in [1.807, 2.05) is 6.07 Å². The number of aryl methyl sites for hydroxylation is 1. The van der Waals surface area contributed by atoms with Gasteiger partial charge in [0.1, 0.15) is 4.90 Å². The SMILES string of the molecule is CN1N=C(SCc2ccc(C#N)cc2Cl)Sc2c1cnn(C)c2=O. The highest BCUT2D eigenvalue weighted by molar-refractivity contribution is 8.38. The summed E-state index contributed by atoms with van der Waals surface area (Å²) in [5.41, 5.74) is 2.00. The molecule has 1 aliphatic heterocycles. The van der Waals surface area contributed by atoms with Gasteiger partial charge in [-0.25, -0.2) is 4.68 Å². The number of hydrogen-bond donors (Lipinski definition) is 0. The Kier molecular flexibility index (Phi) is 4.85. The minimum atomic E-state index is -0.145. The first-order valence-corrected chi connectivity index (χ1v) is 9.05. The van der Waals surface area contributed by atoms with Crippen molar-refractivity contribution in [3.8, 4) is 6.07 Å². The Morgan fingerprint density at radius 1 is 1.42 bits per heavy atom. The highest BCUT2D eigenvalue weighted by Gasteiger charge is 2.22. The fraction of sp³-hybridized carbons (Fsp3) is 0.200. The lowest BCUT2D eigenvalue weighted by molar-refractivity contribution is 0.684. The van der Waals surface area contributed by atoms with E-state index in [0.717, 1.165) is 9.94 Å². The van der Waals surface area contributed by atoms with Crippen molar-refractivity contribution in [2.75, 3.05) is 12.1 Å². The van der Waals surface area contributed by atoms with Crippen molar-refractivity contribution in [1.29, 1.82) is 5.26 Å². The van der Waals surface area contributed by atoms with Crippen LogP contribution in [0.15, 0.2) is 39.2 Å². The molecule has 122 valence electrons. The van der Waals surface area contributed by atoms with E-state index < -0.39 is 0 Å². The van der Waals surface area contributed by atoms with Crippen molar-refractivity contribution in [2.45, 2.75) is 10.6 Å². The molecule has 9 heteroatoms. The van der Waals surface area contributed by atoms with Crippen LogP contribution in [-0.2, 0) is 12.8 Å². The average molecular weight is 378 g/mol. The van der Waals surface area contributed by atoms with Crippen molar-refractivity contribution in [3.05, 3.63) is 50.9 Å². The van der Waals surface area contributed by atoms with Crippen LogP contribution in [-0.4, -0.2) is 21.2 Å². The second kappa shape index (κ2) is 6.89. The number of halogens is 1. The Hall–Kier alpha value is -1.95. The summed E-state index contributed by atoms with van der Waals surface area (Å²) in [6.45, 7) is 0. The zero-order chi connectivity index (χ0) is 17.3. The van der Waals surface area contributed by atoms with E-state index in [2.05, 4.69) is 16.3 Å². The molecule has 1 aromatic heterocycles. The summed E-state index contributed by atoms with van der Waals surface area (Å²) < 4.78 is 2.07. The Morgan fingerprint density at radius 3 is 2.92 bits per heavy atom. The molecule has 1 aromatic carbocycles. The van der Waals surface area contributed by atoms with Crippen LogP contribution < -0.4 is 10.6 Å². The second-order valence-electron chi connectivity index (χ2n) is 4.99. The van der Waals surface area contributed by atoms with Crippen molar-refractivity contribution >= 4 is 45.2 Å². The number of rotatable bonds is 2. The smallest absolute Gasteiger partial charge is 0.266 e. The summed E-state index contributed by atoms with van der Waals surface area (Å²) in [4.78, 5) is 12.9. The number of nitriles is 1. The normalized spacial score (nSPS) is 13.2. The van der Waals surface area contributed by atoms with E-state index in [1.54, 1.807) is 37.4 Å². The molecule has 0 atom stereocenters. The van der Waals surface area contributed by atoms with Crippen LogP contribution in [0.1, 0.15) is 11.1 Å². The summed E-state index contributed by atoms with van der Waals surface area (Å²) in [5.74, 6) is 0.602. The van der Waals surface area contributed by atoms with E-state index >= 15 is 0 Å². The second-order valence-corrected chi connectivity index (χ2v) is 7.61. The topological polar surface area (TPSA) is 74.3 Å². The average Bonchev–Trinajstić information content (AvgIpc) is 2.57. The highest BCUT2D eigenvalue weighted by Crippen LogP contribution is 2.37. The molecule has 0 saturated heterocycles. The molecule has 0 aliphatic carbocycles. The zero-order valence-corrected chi connectivity index (χ0v) is 15.2. The minimum Gasteiger partial charge on any atom is -0.266 e. The number of thioether (sulfide) groups is 2. The molecular weight excluding hydrogens is 366 g/mol. The zero-order valence-electron chi connectivity index (χ0n) is 12.9. The van der Waals surface area contributed by atoms with Crippen LogP contribution in [0.4, 0.5) is 5.69 Å². The Labute approximate surface area is 152 Å². The van der Waals surface area contributed by atoms with E-state index in [4.69, 9.17) is 16.9 Å². The van der Waals surface area contributed by atoms with Crippen molar-refractivity contribution in [3.63, 3.8) is 0 Å². The Bertz CT molecular complexity index is 934. The largest absolute Gasteiger partial charge is 0.282 e. The van der Waals surface area contributed by atoms with E-state index in [9.17, 15) is 4.79 Å². The van der Waals surface area contributed by atoms with E-state index in [1.165, 1.54) is 28.2 Å². The molecule has 2 heterocycles. The van der Waals surface area contributed by atoms with Crippen LogP contribution in [0.5, 0.6) is 0 Å². The number of fused-ring (bicyclic) bond motifs is 1. The quantitative estimate of drug-likeness (QED) is 0.800. The number of nitrogens with zero attached hydrogens (tertiary/aromatic N) is 5. The van der Waals surface area contributed by atoms with Gasteiger partial charge in [0.2, 0.25) is 0 Å². The van der Waals surface area contributed by atoms with Gasteiger partial charge in [-0.3, -0.25) is 9.80 Å². The molecule has 2 aromatic rings. The van der Waals surface area contributed by atoms with Crippen LogP contribution in [0.3, 0.4) is 0 Å². The molecule has 0 unspecified atom stereocenters. The molecule has 0 N–H and O–H groups in total. The van der Waals surface area contributed by atoms with Gasteiger partial charge in [0, 0.05) is 24.9 Å². The van der Waals surface area contributed by atoms with Gasteiger partial charge in [0.15, 0.2) is 4.38 Å². The predicted molar refractivity (Wildman–Crippen MR) is 98.6 cm³/mol. The first kappa shape index (κ1) is 16.9. The summed E-state index contributed by atoms with van der Waals surface area (Å²) in [5, 5.41) is 19.6. The lowest BCUT2D eigenvalue weighted by atomic mass is 10.2. The van der Waals surface area contributed by atoms with Gasteiger partial charge >= 0.3 is 0 Å². The molecule has 0 bridgehead atoms. The first-order valence-electron chi connectivity index (χ1n) is 6.87. The molecule has 0 amide bonds. The molecule has 24 heavy (non-hydrogen) atoms. The number of hydrazone groups is 1. The van der Waals surface area contributed by atoms with Gasteiger partial charge in [0.05, 0.1) is 23.5 Å². The molecule has 1 aliphatic rings. The number of anilines is 1. The van der Waals surface area contributed by atoms with Crippen molar-refractivity contribution in [2.24, 2.45) is 12.1 Å². The summed E-state index contributed by atoms with van der Waals surface area (Å²) in [7, 11) is 3.41. The van der Waals surface area contributed by atoms with Gasteiger partial charge in [-0.15, -0.1) is 0 Å². The molecule has 0 radical (unpaired) electrons. The molecule has 0 saturated carbocycles. The fourth-order valence-corrected chi connectivity index (χ4v) is 4.60. The summed E-state index contributed by atoms with van der Waals surface area (Å²) in [6.07, 6.45) is 1.63. The number of hydrogen-bond acceptors (Lipinski definition) is 7. The Balaban J connectivity index is 1.79. The third kappa shape index (κ3) is 3.29. The lowest BCUT2D eigenvalue weighted by Gasteiger charge is -2.22. The standard InChI is InChI=1S/C15H12ClN5OS2/c1-20-12-7-18-21(2)14(22)13(12)24-15(19-20)23-8-10-4-3-9(6-17)5-11(10)16/h3-5,7H,8H2,1-2H3. The molecule has 3 rings (SSSR count). The minimum absolute atomic E-state index is 0.145. The van der Waals surface area contributed by atoms with E-state index in [-0.39, 0.29) is 5.56 Å². The first-order chi connectivity index (χ1) is 11.5. The maximum Gasteiger partial charge on any atom is 0.282 e. The maximum atomic E-state index is 12.2. The number of aromatic nitrogens is 2. The van der Waals surface area contributed by atoms with Crippen molar-refractivity contribution in [1.82, 2.24) is 9.78 Å². The van der Waals surface area contributed by atoms with Crippen molar-refractivity contribution < 1.29 is 0 Å². The highest BCUT2D eigenvalue weighted by atomic mass is 35.5. The van der Waals surface area contributed by atoms with Gasteiger partial charge in [-0.05, 0) is 17.7 Å². The van der Waals surface area contributed by atoms with Gasteiger partial charge in [-0.1, -0.05) is 41.2 Å². The maximum absolute atomic E-state index is 12.2. The van der Waals surface area contributed by atoms with Crippen LogP contribution >= 0.6 is 35.1 Å². The van der Waals surface area contributed by atoms with Crippen LogP contribution in [0, 0.1) is 11.3 Å².